The first kappa shape index (κ1) is 24.3. The van der Waals surface area contributed by atoms with E-state index in [1.165, 1.54) is 17.8 Å². The SMILES string of the molecule is C=CC(C)(C/C=C/Cl)CCNC(=O)C(/C=C\C)=C/C(N)=C/N.CC. The Bertz CT molecular complexity index is 493. The van der Waals surface area contributed by atoms with E-state index in [1.54, 1.807) is 12.2 Å². The number of halogens is 1. The molecule has 0 bridgehead atoms. The largest absolute Gasteiger partial charge is 0.403 e. The van der Waals surface area contributed by atoms with Crippen LogP contribution in [0.3, 0.4) is 0 Å². The summed E-state index contributed by atoms with van der Waals surface area (Å²) >= 11 is 5.56. The first-order valence-corrected chi connectivity index (χ1v) is 8.55. The molecular formula is C19H32ClN3O. The predicted molar refractivity (Wildman–Crippen MR) is 106 cm³/mol. The Labute approximate surface area is 152 Å². The summed E-state index contributed by atoms with van der Waals surface area (Å²) in [7, 11) is 0. The minimum atomic E-state index is -0.192. The van der Waals surface area contributed by atoms with Gasteiger partial charge in [-0.05, 0) is 31.3 Å². The molecule has 136 valence electrons. The van der Waals surface area contributed by atoms with E-state index >= 15 is 0 Å². The molecule has 0 aliphatic heterocycles. The fraction of sp³-hybridized carbons (Fsp3) is 0.421. The Kier molecular flexibility index (Phi) is 14.8. The molecule has 0 aromatic heterocycles. The third-order valence-electron chi connectivity index (χ3n) is 3.27. The summed E-state index contributed by atoms with van der Waals surface area (Å²) in [6.45, 7) is 12.3. The molecular weight excluding hydrogens is 322 g/mol. The van der Waals surface area contributed by atoms with Gasteiger partial charge in [0.05, 0.1) is 0 Å². The van der Waals surface area contributed by atoms with E-state index in [0.29, 0.717) is 17.8 Å². The van der Waals surface area contributed by atoms with Crippen molar-refractivity contribution in [1.29, 1.82) is 0 Å². The second kappa shape index (κ2) is 14.6. The van der Waals surface area contributed by atoms with Crippen LogP contribution in [0.15, 0.2) is 60.0 Å². The van der Waals surface area contributed by atoms with Crippen LogP contribution in [0.5, 0.6) is 0 Å². The molecule has 0 aliphatic rings. The van der Waals surface area contributed by atoms with Crippen LogP contribution in [-0.2, 0) is 4.79 Å². The normalized spacial score (nSPS) is 14.9. The van der Waals surface area contributed by atoms with Crippen LogP contribution in [0.4, 0.5) is 0 Å². The smallest absolute Gasteiger partial charge is 0.251 e. The minimum Gasteiger partial charge on any atom is -0.403 e. The highest BCUT2D eigenvalue weighted by molar-refractivity contribution is 6.25. The number of hydrogen-bond acceptors (Lipinski definition) is 3. The topological polar surface area (TPSA) is 81.1 Å². The standard InChI is InChI=1S/C17H26ClN3O.C2H6/c1-4-7-14(12-15(20)13-19)16(22)21-11-9-17(3,5-2)8-6-10-18;1-2/h4-7,10,12-13H,2,8-9,11,19-20H2,1,3H3,(H,21,22);1-2H3/b7-4-,10-6+,14-12+,15-13-;. The Balaban J connectivity index is 0. The first-order chi connectivity index (χ1) is 11.4. The molecule has 0 heterocycles. The molecule has 0 aromatic rings. The number of hydrogen-bond donors (Lipinski definition) is 3. The second-order valence-electron chi connectivity index (χ2n) is 5.20. The highest BCUT2D eigenvalue weighted by Gasteiger charge is 2.18. The summed E-state index contributed by atoms with van der Waals surface area (Å²) in [5.74, 6) is -0.192. The van der Waals surface area contributed by atoms with Gasteiger partial charge in [0, 0.05) is 29.6 Å². The highest BCUT2D eigenvalue weighted by Crippen LogP contribution is 2.27. The lowest BCUT2D eigenvalue weighted by molar-refractivity contribution is -0.117. The lowest BCUT2D eigenvalue weighted by Gasteiger charge is -2.24. The van der Waals surface area contributed by atoms with Gasteiger partial charge in [0.2, 0.25) is 0 Å². The molecule has 0 saturated carbocycles. The van der Waals surface area contributed by atoms with Crippen LogP contribution >= 0.6 is 11.6 Å². The summed E-state index contributed by atoms with van der Waals surface area (Å²) in [4.78, 5) is 12.2. The molecule has 0 rings (SSSR count). The van der Waals surface area contributed by atoms with Crippen LogP contribution in [0, 0.1) is 5.41 Å². The van der Waals surface area contributed by atoms with Crippen molar-refractivity contribution < 1.29 is 4.79 Å². The van der Waals surface area contributed by atoms with Crippen molar-refractivity contribution in [1.82, 2.24) is 5.32 Å². The Morgan fingerprint density at radius 2 is 2.00 bits per heavy atom. The molecule has 0 aromatic carbocycles. The molecule has 1 atom stereocenters. The van der Waals surface area contributed by atoms with Crippen LogP contribution < -0.4 is 16.8 Å². The van der Waals surface area contributed by atoms with Crippen LogP contribution in [0.2, 0.25) is 0 Å². The van der Waals surface area contributed by atoms with Crippen LogP contribution in [0.1, 0.15) is 40.5 Å². The summed E-state index contributed by atoms with van der Waals surface area (Å²) in [6.07, 6.45) is 11.5. The number of carbonyl (C=O) groups is 1. The van der Waals surface area contributed by atoms with Crippen molar-refractivity contribution >= 4 is 17.5 Å². The first-order valence-electron chi connectivity index (χ1n) is 8.11. The van der Waals surface area contributed by atoms with Crippen molar-refractivity contribution in [3.63, 3.8) is 0 Å². The van der Waals surface area contributed by atoms with Crippen LogP contribution in [-0.4, -0.2) is 12.5 Å². The van der Waals surface area contributed by atoms with E-state index in [0.717, 1.165) is 12.8 Å². The third-order valence-corrected chi connectivity index (χ3v) is 3.45. The minimum absolute atomic E-state index is 0.112. The molecule has 1 amide bonds. The number of carbonyl (C=O) groups excluding carboxylic acids is 1. The number of nitrogens with two attached hydrogens (primary N) is 2. The van der Waals surface area contributed by atoms with E-state index in [-0.39, 0.29) is 11.3 Å². The van der Waals surface area contributed by atoms with Crippen molar-refractivity contribution in [2.24, 2.45) is 16.9 Å². The molecule has 0 spiro atoms. The Morgan fingerprint density at radius 1 is 1.38 bits per heavy atom. The molecule has 0 aliphatic carbocycles. The fourth-order valence-corrected chi connectivity index (χ4v) is 1.85. The van der Waals surface area contributed by atoms with E-state index in [1.807, 2.05) is 32.9 Å². The quantitative estimate of drug-likeness (QED) is 0.331. The average molecular weight is 354 g/mol. The Hall–Kier alpha value is -1.94. The summed E-state index contributed by atoms with van der Waals surface area (Å²) in [5.41, 5.74) is 13.1. The van der Waals surface area contributed by atoms with Crippen molar-refractivity contribution in [3.8, 4) is 0 Å². The summed E-state index contributed by atoms with van der Waals surface area (Å²) in [6, 6.07) is 0. The molecule has 4 nitrogen and oxygen atoms in total. The fourth-order valence-electron chi connectivity index (χ4n) is 1.76. The molecule has 0 radical (unpaired) electrons. The van der Waals surface area contributed by atoms with Gasteiger partial charge in [0.1, 0.15) is 0 Å². The maximum Gasteiger partial charge on any atom is 0.251 e. The molecule has 24 heavy (non-hydrogen) atoms. The van der Waals surface area contributed by atoms with Gasteiger partial charge in [-0.15, -0.1) is 6.58 Å². The van der Waals surface area contributed by atoms with Gasteiger partial charge in [-0.25, -0.2) is 0 Å². The summed E-state index contributed by atoms with van der Waals surface area (Å²) in [5, 5.41) is 2.88. The number of amides is 1. The van der Waals surface area contributed by atoms with Gasteiger partial charge in [-0.1, -0.05) is 56.7 Å². The maximum absolute atomic E-state index is 12.2. The van der Waals surface area contributed by atoms with Crippen molar-refractivity contribution in [2.45, 2.75) is 40.5 Å². The van der Waals surface area contributed by atoms with Crippen LogP contribution in [0.25, 0.3) is 0 Å². The van der Waals surface area contributed by atoms with Gasteiger partial charge in [-0.2, -0.15) is 0 Å². The highest BCUT2D eigenvalue weighted by atomic mass is 35.5. The van der Waals surface area contributed by atoms with Gasteiger partial charge in [-0.3, -0.25) is 4.79 Å². The van der Waals surface area contributed by atoms with Gasteiger partial charge >= 0.3 is 0 Å². The molecule has 5 heteroatoms. The lowest BCUT2D eigenvalue weighted by atomic mass is 9.83. The lowest BCUT2D eigenvalue weighted by Crippen LogP contribution is -2.29. The van der Waals surface area contributed by atoms with Gasteiger partial charge in [0.15, 0.2) is 0 Å². The summed E-state index contributed by atoms with van der Waals surface area (Å²) < 4.78 is 0. The van der Waals surface area contributed by atoms with E-state index in [9.17, 15) is 4.79 Å². The van der Waals surface area contributed by atoms with E-state index < -0.39 is 0 Å². The van der Waals surface area contributed by atoms with Crippen molar-refractivity contribution in [3.05, 3.63) is 60.0 Å². The predicted octanol–water partition coefficient (Wildman–Crippen LogP) is 4.12. The van der Waals surface area contributed by atoms with Gasteiger partial charge < -0.3 is 16.8 Å². The Morgan fingerprint density at radius 3 is 2.46 bits per heavy atom. The molecule has 5 N–H and O–H groups in total. The monoisotopic (exact) mass is 353 g/mol. The van der Waals surface area contributed by atoms with Gasteiger partial charge in [0.25, 0.3) is 5.91 Å². The number of allylic oxidation sites excluding steroid dienone is 4. The van der Waals surface area contributed by atoms with E-state index in [2.05, 4.69) is 18.8 Å². The molecule has 0 saturated heterocycles. The maximum atomic E-state index is 12.2. The molecule has 0 fully saturated rings. The van der Waals surface area contributed by atoms with E-state index in [4.69, 9.17) is 23.1 Å². The zero-order valence-electron chi connectivity index (χ0n) is 15.3. The molecule has 1 unspecified atom stereocenters. The zero-order valence-corrected chi connectivity index (χ0v) is 16.1. The number of nitrogens with one attached hydrogen (secondary N) is 1. The third kappa shape index (κ3) is 10.7. The van der Waals surface area contributed by atoms with Crippen molar-refractivity contribution in [2.75, 3.05) is 6.54 Å². The zero-order chi connectivity index (χ0) is 19.0. The second-order valence-corrected chi connectivity index (χ2v) is 5.45. The average Bonchev–Trinajstić information content (AvgIpc) is 2.61. The number of rotatable bonds is 9.